The molecule has 14 heavy (non-hydrogen) atoms. The summed E-state index contributed by atoms with van der Waals surface area (Å²) < 4.78 is 0. The van der Waals surface area contributed by atoms with Crippen LogP contribution < -0.4 is 0 Å². The fourth-order valence-corrected chi connectivity index (χ4v) is 0.969. The summed E-state index contributed by atoms with van der Waals surface area (Å²) >= 11 is 0. The predicted octanol–water partition coefficient (Wildman–Crippen LogP) is 1.50. The van der Waals surface area contributed by atoms with E-state index in [2.05, 4.69) is 0 Å². The summed E-state index contributed by atoms with van der Waals surface area (Å²) in [5.41, 5.74) is 0.811. The molecule has 1 rings (SSSR count). The quantitative estimate of drug-likeness (QED) is 0.623. The standard InChI is InChI=1S/C10H10O4/c1-6-8(11)4-7(5-9(6)12)2-3-10(13)14/h2-5,11-12H,1H3,(H,13,14)/b3-2+. The second-order valence-electron chi connectivity index (χ2n) is 2.86. The van der Waals surface area contributed by atoms with Gasteiger partial charge in [-0.2, -0.15) is 0 Å². The minimum Gasteiger partial charge on any atom is -0.508 e. The lowest BCUT2D eigenvalue weighted by atomic mass is 10.1. The summed E-state index contributed by atoms with van der Waals surface area (Å²) in [6.45, 7) is 1.56. The SMILES string of the molecule is Cc1c(O)cc(/C=C/C(=O)O)cc1O. The number of hydrogen-bond acceptors (Lipinski definition) is 3. The monoisotopic (exact) mass is 194 g/mol. The summed E-state index contributed by atoms with van der Waals surface area (Å²) in [4.78, 5) is 10.2. The fourth-order valence-electron chi connectivity index (χ4n) is 0.969. The number of rotatable bonds is 2. The molecule has 0 aliphatic rings. The maximum absolute atomic E-state index is 10.2. The number of carboxylic acid groups (broad SMARTS) is 1. The van der Waals surface area contributed by atoms with Gasteiger partial charge in [0.25, 0.3) is 0 Å². The first-order valence-electron chi connectivity index (χ1n) is 3.94. The molecule has 1 aromatic carbocycles. The minimum atomic E-state index is -1.08. The van der Waals surface area contributed by atoms with E-state index >= 15 is 0 Å². The van der Waals surface area contributed by atoms with Crippen LogP contribution in [0.2, 0.25) is 0 Å². The highest BCUT2D eigenvalue weighted by Gasteiger charge is 2.03. The molecule has 0 saturated heterocycles. The van der Waals surface area contributed by atoms with Crippen LogP contribution in [0.15, 0.2) is 18.2 Å². The van der Waals surface area contributed by atoms with E-state index in [-0.39, 0.29) is 11.5 Å². The first-order valence-corrected chi connectivity index (χ1v) is 3.94. The van der Waals surface area contributed by atoms with Crippen LogP contribution in [0.25, 0.3) is 6.08 Å². The molecule has 0 bridgehead atoms. The number of aliphatic carboxylic acids is 1. The number of benzene rings is 1. The third-order valence-corrected chi connectivity index (χ3v) is 1.79. The van der Waals surface area contributed by atoms with Gasteiger partial charge in [0, 0.05) is 11.6 Å². The van der Waals surface area contributed by atoms with Crippen molar-refractivity contribution < 1.29 is 20.1 Å². The molecule has 1 aromatic rings. The summed E-state index contributed by atoms with van der Waals surface area (Å²) in [7, 11) is 0. The molecule has 0 aliphatic carbocycles. The Hall–Kier alpha value is -1.97. The van der Waals surface area contributed by atoms with Gasteiger partial charge in [0.1, 0.15) is 11.5 Å². The Morgan fingerprint density at radius 2 is 1.79 bits per heavy atom. The third-order valence-electron chi connectivity index (χ3n) is 1.79. The molecule has 0 aromatic heterocycles. The lowest BCUT2D eigenvalue weighted by molar-refractivity contribution is -0.131. The van der Waals surface area contributed by atoms with Gasteiger partial charge in [0.2, 0.25) is 0 Å². The zero-order valence-electron chi connectivity index (χ0n) is 7.56. The average molecular weight is 194 g/mol. The van der Waals surface area contributed by atoms with E-state index in [1.807, 2.05) is 0 Å². The highest BCUT2D eigenvalue weighted by molar-refractivity contribution is 5.85. The molecule has 0 radical (unpaired) electrons. The topological polar surface area (TPSA) is 77.8 Å². The maximum Gasteiger partial charge on any atom is 0.328 e. The van der Waals surface area contributed by atoms with E-state index in [1.54, 1.807) is 6.92 Å². The van der Waals surface area contributed by atoms with Crippen LogP contribution in [0.3, 0.4) is 0 Å². The molecule has 3 N–H and O–H groups in total. The third kappa shape index (κ3) is 2.26. The fraction of sp³-hybridized carbons (Fsp3) is 0.100. The molecule has 0 atom stereocenters. The van der Waals surface area contributed by atoms with Gasteiger partial charge in [0.05, 0.1) is 0 Å². The molecule has 74 valence electrons. The molecule has 0 unspecified atom stereocenters. The number of carboxylic acids is 1. The summed E-state index contributed by atoms with van der Waals surface area (Å²) in [5, 5.41) is 27.0. The molecule has 0 saturated carbocycles. The number of aromatic hydroxyl groups is 2. The van der Waals surface area contributed by atoms with Crippen molar-refractivity contribution in [3.63, 3.8) is 0 Å². The normalized spacial score (nSPS) is 10.6. The Morgan fingerprint density at radius 3 is 2.21 bits per heavy atom. The lowest BCUT2D eigenvalue weighted by Gasteiger charge is -2.02. The van der Waals surface area contributed by atoms with E-state index in [4.69, 9.17) is 5.11 Å². The van der Waals surface area contributed by atoms with Crippen molar-refractivity contribution in [2.75, 3.05) is 0 Å². The van der Waals surface area contributed by atoms with Crippen LogP contribution >= 0.6 is 0 Å². The number of hydrogen-bond donors (Lipinski definition) is 3. The van der Waals surface area contributed by atoms with Gasteiger partial charge in [-0.25, -0.2) is 4.79 Å². The molecule has 0 amide bonds. The van der Waals surface area contributed by atoms with Gasteiger partial charge in [-0.15, -0.1) is 0 Å². The van der Waals surface area contributed by atoms with Gasteiger partial charge < -0.3 is 15.3 Å². The van der Waals surface area contributed by atoms with Crippen molar-refractivity contribution in [2.24, 2.45) is 0 Å². The zero-order chi connectivity index (χ0) is 10.7. The van der Waals surface area contributed by atoms with Crippen LogP contribution in [-0.2, 0) is 4.79 Å². The lowest BCUT2D eigenvalue weighted by Crippen LogP contribution is -1.86. The summed E-state index contributed by atoms with van der Waals surface area (Å²) in [6.07, 6.45) is 2.23. The Labute approximate surface area is 80.7 Å². The van der Waals surface area contributed by atoms with Gasteiger partial charge in [-0.1, -0.05) is 0 Å². The van der Waals surface area contributed by atoms with E-state index in [0.29, 0.717) is 11.1 Å². The van der Waals surface area contributed by atoms with Crippen molar-refractivity contribution in [3.05, 3.63) is 29.3 Å². The zero-order valence-corrected chi connectivity index (χ0v) is 7.56. The highest BCUT2D eigenvalue weighted by atomic mass is 16.4. The van der Waals surface area contributed by atoms with Crippen molar-refractivity contribution in [3.8, 4) is 11.5 Å². The van der Waals surface area contributed by atoms with Crippen LogP contribution in [0.4, 0.5) is 0 Å². The van der Waals surface area contributed by atoms with Crippen molar-refractivity contribution in [2.45, 2.75) is 6.92 Å². The number of carbonyl (C=O) groups is 1. The first kappa shape index (κ1) is 10.1. The van der Waals surface area contributed by atoms with Crippen LogP contribution in [0, 0.1) is 6.92 Å². The Bertz CT molecular complexity index is 370. The molecule has 0 fully saturated rings. The molecule has 0 aliphatic heterocycles. The van der Waals surface area contributed by atoms with Gasteiger partial charge in [0.15, 0.2) is 0 Å². The van der Waals surface area contributed by atoms with E-state index in [1.165, 1.54) is 18.2 Å². The van der Waals surface area contributed by atoms with Crippen LogP contribution in [-0.4, -0.2) is 21.3 Å². The maximum atomic E-state index is 10.2. The minimum absolute atomic E-state index is 0.0601. The van der Waals surface area contributed by atoms with Crippen LogP contribution in [0.5, 0.6) is 11.5 Å². The molecular weight excluding hydrogens is 184 g/mol. The second kappa shape index (κ2) is 3.83. The summed E-state index contributed by atoms with van der Waals surface area (Å²) in [6, 6.07) is 2.77. The Morgan fingerprint density at radius 1 is 1.29 bits per heavy atom. The van der Waals surface area contributed by atoms with Crippen LogP contribution in [0.1, 0.15) is 11.1 Å². The van der Waals surface area contributed by atoms with E-state index in [9.17, 15) is 15.0 Å². The average Bonchev–Trinajstić information content (AvgIpc) is 2.10. The second-order valence-corrected chi connectivity index (χ2v) is 2.86. The smallest absolute Gasteiger partial charge is 0.328 e. The molecule has 4 heteroatoms. The molecular formula is C10H10O4. The first-order chi connectivity index (χ1) is 6.50. The molecule has 4 nitrogen and oxygen atoms in total. The Kier molecular flexibility index (Phi) is 2.76. The molecule has 0 spiro atoms. The van der Waals surface area contributed by atoms with Crippen molar-refractivity contribution in [1.29, 1.82) is 0 Å². The van der Waals surface area contributed by atoms with Gasteiger partial charge in [-0.3, -0.25) is 0 Å². The summed E-state index contributed by atoms with van der Waals surface area (Å²) in [5.74, 6) is -1.20. The number of phenolic OH excluding ortho intramolecular Hbond substituents is 2. The largest absolute Gasteiger partial charge is 0.508 e. The molecule has 0 heterocycles. The van der Waals surface area contributed by atoms with Gasteiger partial charge in [-0.05, 0) is 30.7 Å². The van der Waals surface area contributed by atoms with Gasteiger partial charge >= 0.3 is 5.97 Å². The Balaban J connectivity index is 3.07. The predicted molar refractivity (Wildman–Crippen MR) is 51.2 cm³/mol. The number of phenols is 2. The highest BCUT2D eigenvalue weighted by Crippen LogP contribution is 2.27. The van der Waals surface area contributed by atoms with E-state index < -0.39 is 5.97 Å². The van der Waals surface area contributed by atoms with Crippen molar-refractivity contribution in [1.82, 2.24) is 0 Å². The van der Waals surface area contributed by atoms with Crippen molar-refractivity contribution >= 4 is 12.0 Å². The van der Waals surface area contributed by atoms with E-state index in [0.717, 1.165) is 6.08 Å².